The van der Waals surface area contributed by atoms with Crippen LogP contribution in [0.5, 0.6) is 0 Å². The largest absolute Gasteiger partial charge is 0.451 e. The Morgan fingerprint density at radius 1 is 1.35 bits per heavy atom. The van der Waals surface area contributed by atoms with Gasteiger partial charge in [-0.25, -0.2) is 4.98 Å². The van der Waals surface area contributed by atoms with Crippen molar-refractivity contribution in [3.05, 3.63) is 54.3 Å². The number of likely N-dealkylation sites (tertiary alicyclic amines) is 1. The molecule has 2 aromatic heterocycles. The topological polar surface area (TPSA) is 51.3 Å². The average Bonchev–Trinajstić information content (AvgIpc) is 3.20. The lowest BCUT2D eigenvalue weighted by Gasteiger charge is -2.33. The summed E-state index contributed by atoms with van der Waals surface area (Å²) in [7, 11) is 0. The number of fused-ring (bicyclic) bond motifs is 1. The smallest absolute Gasteiger partial charge is 0.289 e. The molecule has 1 saturated heterocycles. The molecule has 0 N–H and O–H groups in total. The van der Waals surface area contributed by atoms with Crippen molar-refractivity contribution in [3.8, 4) is 0 Å². The summed E-state index contributed by atoms with van der Waals surface area (Å²) >= 11 is 0. The minimum atomic E-state index is -0.0244. The van der Waals surface area contributed by atoms with Crippen LogP contribution in [0.2, 0.25) is 0 Å². The van der Waals surface area contributed by atoms with Crippen molar-refractivity contribution in [2.24, 2.45) is 0 Å². The maximum atomic E-state index is 12.8. The summed E-state index contributed by atoms with van der Waals surface area (Å²) in [5.74, 6) is 1.39. The van der Waals surface area contributed by atoms with E-state index >= 15 is 0 Å². The molecular weight excluding hydrogens is 290 g/mol. The molecule has 0 aliphatic carbocycles. The third-order valence-electron chi connectivity index (χ3n) is 4.58. The molecule has 0 saturated carbocycles. The molecular formula is C18H19N3O2. The van der Waals surface area contributed by atoms with Crippen molar-refractivity contribution in [3.63, 3.8) is 0 Å². The molecule has 0 spiro atoms. The minimum Gasteiger partial charge on any atom is -0.451 e. The van der Waals surface area contributed by atoms with Crippen molar-refractivity contribution in [1.29, 1.82) is 0 Å². The third-order valence-corrected chi connectivity index (χ3v) is 4.58. The maximum absolute atomic E-state index is 12.8. The fraction of sp³-hybridized carbons (Fsp3) is 0.333. The number of hydrogen-bond acceptors (Lipinski definition) is 3. The molecule has 3 aromatic rings. The van der Waals surface area contributed by atoms with Gasteiger partial charge in [-0.2, -0.15) is 0 Å². The van der Waals surface area contributed by atoms with Crippen LogP contribution in [0.3, 0.4) is 0 Å². The van der Waals surface area contributed by atoms with Gasteiger partial charge >= 0.3 is 0 Å². The number of carbonyl (C=O) groups excluding carboxylic acids is 1. The maximum Gasteiger partial charge on any atom is 0.289 e. The molecule has 1 aliphatic rings. The Morgan fingerprint density at radius 3 is 3.00 bits per heavy atom. The molecule has 3 heterocycles. The highest BCUT2D eigenvalue weighted by Crippen LogP contribution is 2.26. The normalized spacial score (nSPS) is 18.5. The Bertz CT molecular complexity index is 816. The highest BCUT2D eigenvalue weighted by atomic mass is 16.3. The van der Waals surface area contributed by atoms with Gasteiger partial charge in [0.25, 0.3) is 5.91 Å². The SMILES string of the molecule is Cc1nccn1[C@@H]1CCCN(C(=O)c2cc3ccccc3o2)C1. The molecule has 23 heavy (non-hydrogen) atoms. The van der Waals surface area contributed by atoms with Gasteiger partial charge in [-0.05, 0) is 31.9 Å². The van der Waals surface area contributed by atoms with E-state index in [2.05, 4.69) is 9.55 Å². The fourth-order valence-electron chi connectivity index (χ4n) is 3.38. The number of furan rings is 1. The average molecular weight is 309 g/mol. The lowest BCUT2D eigenvalue weighted by atomic mass is 10.0. The number of amides is 1. The highest BCUT2D eigenvalue weighted by Gasteiger charge is 2.27. The number of hydrogen-bond donors (Lipinski definition) is 0. The zero-order chi connectivity index (χ0) is 15.8. The summed E-state index contributed by atoms with van der Waals surface area (Å²) in [6, 6.07) is 9.84. The molecule has 118 valence electrons. The number of imidazole rings is 1. The monoisotopic (exact) mass is 309 g/mol. The summed E-state index contributed by atoms with van der Waals surface area (Å²) < 4.78 is 7.89. The molecule has 1 amide bonds. The zero-order valence-electron chi connectivity index (χ0n) is 13.1. The first-order valence-corrected chi connectivity index (χ1v) is 7.99. The van der Waals surface area contributed by atoms with Crippen LogP contribution < -0.4 is 0 Å². The van der Waals surface area contributed by atoms with Crippen molar-refractivity contribution < 1.29 is 9.21 Å². The van der Waals surface area contributed by atoms with Gasteiger partial charge in [-0.3, -0.25) is 4.79 Å². The van der Waals surface area contributed by atoms with Crippen molar-refractivity contribution in [2.75, 3.05) is 13.1 Å². The number of aryl methyl sites for hydroxylation is 1. The van der Waals surface area contributed by atoms with Crippen LogP contribution in [-0.4, -0.2) is 33.4 Å². The van der Waals surface area contributed by atoms with Crippen LogP contribution in [0.15, 0.2) is 47.1 Å². The van der Waals surface area contributed by atoms with Crippen LogP contribution >= 0.6 is 0 Å². The van der Waals surface area contributed by atoms with Gasteiger partial charge < -0.3 is 13.9 Å². The van der Waals surface area contributed by atoms with E-state index < -0.39 is 0 Å². The first-order chi connectivity index (χ1) is 11.2. The van der Waals surface area contributed by atoms with E-state index in [-0.39, 0.29) is 5.91 Å². The predicted octanol–water partition coefficient (Wildman–Crippen LogP) is 3.42. The van der Waals surface area contributed by atoms with Crippen molar-refractivity contribution >= 4 is 16.9 Å². The van der Waals surface area contributed by atoms with Gasteiger partial charge in [0.2, 0.25) is 0 Å². The van der Waals surface area contributed by atoms with E-state index in [1.54, 1.807) is 0 Å². The second-order valence-corrected chi connectivity index (χ2v) is 6.08. The van der Waals surface area contributed by atoms with Gasteiger partial charge in [-0.1, -0.05) is 18.2 Å². The van der Waals surface area contributed by atoms with Crippen LogP contribution in [0.25, 0.3) is 11.0 Å². The number of aromatic nitrogens is 2. The van der Waals surface area contributed by atoms with Gasteiger partial charge in [0, 0.05) is 30.9 Å². The Hall–Kier alpha value is -2.56. The van der Waals surface area contributed by atoms with Crippen LogP contribution in [0.4, 0.5) is 0 Å². The van der Waals surface area contributed by atoms with Gasteiger partial charge in [0.15, 0.2) is 5.76 Å². The first kappa shape index (κ1) is 14.1. The van der Waals surface area contributed by atoms with E-state index in [1.165, 1.54) is 0 Å². The number of benzene rings is 1. The van der Waals surface area contributed by atoms with Crippen molar-refractivity contribution in [1.82, 2.24) is 14.5 Å². The third kappa shape index (κ3) is 2.52. The van der Waals surface area contributed by atoms with Crippen LogP contribution in [0.1, 0.15) is 35.3 Å². The molecule has 0 bridgehead atoms. The number of piperidine rings is 1. The molecule has 1 aliphatic heterocycles. The lowest BCUT2D eigenvalue weighted by molar-refractivity contribution is 0.0648. The Kier molecular flexibility index (Phi) is 3.41. The zero-order valence-corrected chi connectivity index (χ0v) is 13.1. The fourth-order valence-corrected chi connectivity index (χ4v) is 3.38. The van der Waals surface area contributed by atoms with E-state index in [0.29, 0.717) is 18.3 Å². The van der Waals surface area contributed by atoms with Gasteiger partial charge in [0.05, 0.1) is 6.04 Å². The minimum absolute atomic E-state index is 0.0244. The summed E-state index contributed by atoms with van der Waals surface area (Å²) in [6.07, 6.45) is 5.87. The van der Waals surface area contributed by atoms with E-state index in [4.69, 9.17) is 4.42 Å². The second kappa shape index (κ2) is 5.57. The van der Waals surface area contributed by atoms with Gasteiger partial charge in [0.1, 0.15) is 11.4 Å². The Balaban J connectivity index is 1.57. The van der Waals surface area contributed by atoms with E-state index in [9.17, 15) is 4.79 Å². The first-order valence-electron chi connectivity index (χ1n) is 7.99. The summed E-state index contributed by atoms with van der Waals surface area (Å²) in [5, 5.41) is 0.967. The molecule has 5 heteroatoms. The summed E-state index contributed by atoms with van der Waals surface area (Å²) in [4.78, 5) is 19.0. The molecule has 0 radical (unpaired) electrons. The summed E-state index contributed by atoms with van der Waals surface area (Å²) in [5.41, 5.74) is 0.759. The predicted molar refractivity (Wildman–Crippen MR) is 87.4 cm³/mol. The lowest BCUT2D eigenvalue weighted by Crippen LogP contribution is -2.40. The molecule has 5 nitrogen and oxygen atoms in total. The molecule has 1 aromatic carbocycles. The molecule has 4 rings (SSSR count). The van der Waals surface area contributed by atoms with Crippen molar-refractivity contribution in [2.45, 2.75) is 25.8 Å². The number of nitrogens with zero attached hydrogens (tertiary/aromatic N) is 3. The number of carbonyl (C=O) groups is 1. The highest BCUT2D eigenvalue weighted by molar-refractivity contribution is 5.96. The number of rotatable bonds is 2. The quantitative estimate of drug-likeness (QED) is 0.729. The van der Waals surface area contributed by atoms with E-state index in [1.807, 2.05) is 54.5 Å². The molecule has 1 fully saturated rings. The van der Waals surface area contributed by atoms with E-state index in [0.717, 1.165) is 36.2 Å². The Morgan fingerprint density at radius 2 is 2.22 bits per heavy atom. The molecule has 0 unspecified atom stereocenters. The number of para-hydroxylation sites is 1. The summed E-state index contributed by atoms with van der Waals surface area (Å²) in [6.45, 7) is 3.48. The van der Waals surface area contributed by atoms with Gasteiger partial charge in [-0.15, -0.1) is 0 Å². The van der Waals surface area contributed by atoms with Crippen LogP contribution in [-0.2, 0) is 0 Å². The Labute approximate surface area is 134 Å². The second-order valence-electron chi connectivity index (χ2n) is 6.08. The van der Waals surface area contributed by atoms with Crippen LogP contribution in [0, 0.1) is 6.92 Å². The molecule has 1 atom stereocenters. The standard InChI is InChI=1S/C18H19N3O2/c1-13-19-8-10-21(13)15-6-4-9-20(12-15)18(22)17-11-14-5-2-3-7-16(14)23-17/h2-3,5,7-8,10-11,15H,4,6,9,12H2,1H3/t15-/m1/s1.